The van der Waals surface area contributed by atoms with Crippen molar-refractivity contribution in [3.63, 3.8) is 0 Å². The smallest absolute Gasteiger partial charge is 0.0897 e. The van der Waals surface area contributed by atoms with Crippen molar-refractivity contribution in [3.8, 4) is 0 Å². The van der Waals surface area contributed by atoms with Crippen LogP contribution in [0.15, 0.2) is 5.38 Å². The Kier molecular flexibility index (Phi) is 3.76. The van der Waals surface area contributed by atoms with Gasteiger partial charge in [0.15, 0.2) is 0 Å². The van der Waals surface area contributed by atoms with Gasteiger partial charge in [-0.3, -0.25) is 0 Å². The lowest BCUT2D eigenvalue weighted by atomic mass is 10.00. The van der Waals surface area contributed by atoms with Gasteiger partial charge in [0.2, 0.25) is 0 Å². The molecule has 0 spiro atoms. The van der Waals surface area contributed by atoms with Crippen molar-refractivity contribution in [1.29, 1.82) is 0 Å². The van der Waals surface area contributed by atoms with E-state index < -0.39 is 0 Å². The van der Waals surface area contributed by atoms with Gasteiger partial charge < -0.3 is 5.32 Å². The monoisotopic (exact) mass is 224 g/mol. The minimum Gasteiger partial charge on any atom is -0.308 e. The summed E-state index contributed by atoms with van der Waals surface area (Å²) in [6, 6.07) is 0.648. The Morgan fingerprint density at radius 1 is 1.53 bits per heavy atom. The number of hydrogen-bond donors (Lipinski definition) is 1. The van der Waals surface area contributed by atoms with Crippen molar-refractivity contribution in [3.05, 3.63) is 16.1 Å². The second-order valence-corrected chi connectivity index (χ2v) is 5.63. The summed E-state index contributed by atoms with van der Waals surface area (Å²) in [7, 11) is 0. The van der Waals surface area contributed by atoms with Crippen molar-refractivity contribution in [2.24, 2.45) is 5.92 Å². The van der Waals surface area contributed by atoms with Gasteiger partial charge in [-0.2, -0.15) is 0 Å². The first-order valence-electron chi connectivity index (χ1n) is 5.90. The van der Waals surface area contributed by atoms with Crippen molar-refractivity contribution in [1.82, 2.24) is 10.3 Å². The minimum absolute atomic E-state index is 0.648. The lowest BCUT2D eigenvalue weighted by Crippen LogP contribution is -2.31. The van der Waals surface area contributed by atoms with Crippen LogP contribution in [0.25, 0.3) is 0 Å². The van der Waals surface area contributed by atoms with Crippen molar-refractivity contribution < 1.29 is 0 Å². The molecule has 1 saturated carbocycles. The van der Waals surface area contributed by atoms with Crippen LogP contribution in [-0.2, 0) is 6.54 Å². The maximum Gasteiger partial charge on any atom is 0.0897 e. The Balaban J connectivity index is 1.77. The second-order valence-electron chi connectivity index (χ2n) is 4.57. The molecule has 0 amide bonds. The summed E-state index contributed by atoms with van der Waals surface area (Å²) in [4.78, 5) is 4.47. The lowest BCUT2D eigenvalue weighted by Gasteiger charge is -2.19. The van der Waals surface area contributed by atoms with Gasteiger partial charge in [0.25, 0.3) is 0 Å². The van der Waals surface area contributed by atoms with Gasteiger partial charge in [0.1, 0.15) is 0 Å². The van der Waals surface area contributed by atoms with E-state index in [9.17, 15) is 0 Å². The molecule has 1 aliphatic carbocycles. The van der Waals surface area contributed by atoms with Gasteiger partial charge in [0.05, 0.1) is 10.7 Å². The third-order valence-corrected chi connectivity index (χ3v) is 4.20. The van der Waals surface area contributed by atoms with Gasteiger partial charge >= 0.3 is 0 Å². The van der Waals surface area contributed by atoms with Gasteiger partial charge in [-0.05, 0) is 32.6 Å². The number of rotatable bonds is 4. The fraction of sp³-hybridized carbons (Fsp3) is 0.750. The van der Waals surface area contributed by atoms with Crippen molar-refractivity contribution in [2.45, 2.75) is 52.1 Å². The molecule has 1 heterocycles. The van der Waals surface area contributed by atoms with Gasteiger partial charge in [-0.15, -0.1) is 11.3 Å². The van der Waals surface area contributed by atoms with E-state index in [1.54, 1.807) is 11.3 Å². The zero-order valence-corrected chi connectivity index (χ0v) is 10.4. The Bertz CT molecular complexity index is 302. The highest BCUT2D eigenvalue weighted by Crippen LogP contribution is 2.27. The minimum atomic E-state index is 0.648. The van der Waals surface area contributed by atoms with Gasteiger partial charge in [0, 0.05) is 18.0 Å². The average molecular weight is 224 g/mol. The van der Waals surface area contributed by atoms with Crippen LogP contribution in [0.2, 0.25) is 0 Å². The molecule has 2 rings (SSSR count). The molecule has 1 atom stereocenters. The summed E-state index contributed by atoms with van der Waals surface area (Å²) in [6.07, 6.45) is 5.66. The molecule has 0 radical (unpaired) electrons. The van der Waals surface area contributed by atoms with E-state index in [0.29, 0.717) is 6.04 Å². The van der Waals surface area contributed by atoms with E-state index >= 15 is 0 Å². The first-order chi connectivity index (χ1) is 7.25. The summed E-state index contributed by atoms with van der Waals surface area (Å²) in [5.41, 5.74) is 1.20. The van der Waals surface area contributed by atoms with Crippen LogP contribution in [0.5, 0.6) is 0 Å². The summed E-state index contributed by atoms with van der Waals surface area (Å²) in [5.74, 6) is 0.893. The van der Waals surface area contributed by atoms with Crippen LogP contribution in [0.3, 0.4) is 0 Å². The first kappa shape index (κ1) is 11.1. The quantitative estimate of drug-likeness (QED) is 0.850. The highest BCUT2D eigenvalue weighted by Gasteiger charge is 2.20. The molecule has 0 aromatic carbocycles. The Morgan fingerprint density at radius 2 is 2.27 bits per heavy atom. The molecule has 0 bridgehead atoms. The number of aromatic nitrogens is 1. The zero-order chi connectivity index (χ0) is 10.7. The molecule has 0 saturated heterocycles. The second kappa shape index (κ2) is 5.08. The van der Waals surface area contributed by atoms with E-state index in [-0.39, 0.29) is 0 Å². The molecule has 84 valence electrons. The molecular formula is C12H20N2S. The SMILES string of the molecule is Cc1nc(CN[C@@H](C)C2CCCC2)cs1. The van der Waals surface area contributed by atoms with Crippen LogP contribution < -0.4 is 5.32 Å². The molecule has 0 aliphatic heterocycles. The number of nitrogens with one attached hydrogen (secondary N) is 1. The Morgan fingerprint density at radius 3 is 2.87 bits per heavy atom. The Hall–Kier alpha value is -0.410. The molecule has 1 aromatic rings. The highest BCUT2D eigenvalue weighted by molar-refractivity contribution is 7.09. The topological polar surface area (TPSA) is 24.9 Å². The van der Waals surface area contributed by atoms with Crippen LogP contribution in [0.1, 0.15) is 43.3 Å². The molecule has 1 N–H and O–H groups in total. The molecule has 3 heteroatoms. The summed E-state index contributed by atoms with van der Waals surface area (Å²) in [5, 5.41) is 6.92. The van der Waals surface area contributed by atoms with Gasteiger partial charge in [-0.25, -0.2) is 4.98 Å². The van der Waals surface area contributed by atoms with Crippen LogP contribution in [-0.4, -0.2) is 11.0 Å². The normalized spacial score (nSPS) is 19.6. The fourth-order valence-corrected chi connectivity index (χ4v) is 2.99. The summed E-state index contributed by atoms with van der Waals surface area (Å²) < 4.78 is 0. The summed E-state index contributed by atoms with van der Waals surface area (Å²) >= 11 is 1.74. The number of hydrogen-bond acceptors (Lipinski definition) is 3. The number of aryl methyl sites for hydroxylation is 1. The lowest BCUT2D eigenvalue weighted by molar-refractivity contribution is 0.379. The molecule has 2 nitrogen and oxygen atoms in total. The average Bonchev–Trinajstić information content (AvgIpc) is 2.84. The van der Waals surface area contributed by atoms with Crippen molar-refractivity contribution in [2.75, 3.05) is 0 Å². The van der Waals surface area contributed by atoms with E-state index in [2.05, 4.69) is 29.5 Å². The molecule has 1 fully saturated rings. The third-order valence-electron chi connectivity index (χ3n) is 3.38. The highest BCUT2D eigenvalue weighted by atomic mass is 32.1. The van der Waals surface area contributed by atoms with E-state index in [4.69, 9.17) is 0 Å². The molecule has 0 unspecified atom stereocenters. The van der Waals surface area contributed by atoms with Crippen LogP contribution in [0, 0.1) is 12.8 Å². The maximum atomic E-state index is 4.47. The standard InChI is InChI=1S/C12H20N2S/c1-9(11-5-3-4-6-11)13-7-12-8-15-10(2)14-12/h8-9,11,13H,3-7H2,1-2H3/t9-/m0/s1. The van der Waals surface area contributed by atoms with Gasteiger partial charge in [-0.1, -0.05) is 12.8 Å². The van der Waals surface area contributed by atoms with E-state index in [1.807, 2.05) is 0 Å². The van der Waals surface area contributed by atoms with Crippen LogP contribution in [0.4, 0.5) is 0 Å². The first-order valence-corrected chi connectivity index (χ1v) is 6.78. The van der Waals surface area contributed by atoms with Crippen molar-refractivity contribution >= 4 is 11.3 Å². The maximum absolute atomic E-state index is 4.47. The molecular weight excluding hydrogens is 204 g/mol. The molecule has 1 aliphatic rings. The predicted molar refractivity (Wildman–Crippen MR) is 65.1 cm³/mol. The van der Waals surface area contributed by atoms with Crippen LogP contribution >= 0.6 is 11.3 Å². The fourth-order valence-electron chi connectivity index (χ4n) is 2.38. The zero-order valence-electron chi connectivity index (χ0n) is 9.62. The number of nitrogens with zero attached hydrogens (tertiary/aromatic N) is 1. The van der Waals surface area contributed by atoms with E-state index in [0.717, 1.165) is 12.5 Å². The third kappa shape index (κ3) is 3.02. The predicted octanol–water partition coefficient (Wildman–Crippen LogP) is 3.12. The molecule has 1 aromatic heterocycles. The molecule has 15 heavy (non-hydrogen) atoms. The number of thiazole rings is 1. The summed E-state index contributed by atoms with van der Waals surface area (Å²) in [6.45, 7) is 5.31. The largest absolute Gasteiger partial charge is 0.308 e. The Labute approximate surface area is 96.1 Å². The van der Waals surface area contributed by atoms with E-state index in [1.165, 1.54) is 36.4 Å².